The molecule has 0 spiro atoms. The van der Waals surface area contributed by atoms with Crippen molar-refractivity contribution >= 4 is 18.0 Å². The second-order valence-corrected chi connectivity index (χ2v) is 3.78. The fraction of sp³-hybridized carbons (Fsp3) is 0.667. The van der Waals surface area contributed by atoms with Gasteiger partial charge < -0.3 is 0 Å². The molecule has 0 aliphatic heterocycles. The molecule has 0 saturated carbocycles. The van der Waals surface area contributed by atoms with E-state index < -0.39 is 0 Å². The van der Waals surface area contributed by atoms with Crippen LogP contribution in [0.15, 0.2) is 11.0 Å². The Labute approximate surface area is 73.3 Å². The van der Waals surface area contributed by atoms with Crippen molar-refractivity contribution in [2.45, 2.75) is 26.7 Å². The van der Waals surface area contributed by atoms with E-state index in [0.29, 0.717) is 0 Å². The minimum atomic E-state index is 0.723. The molecule has 0 fully saturated rings. The highest BCUT2D eigenvalue weighted by atomic mass is 32.2. The van der Waals surface area contributed by atoms with Crippen molar-refractivity contribution in [3.8, 4) is 0 Å². The second-order valence-electron chi connectivity index (χ2n) is 2.90. The van der Waals surface area contributed by atoms with Crippen molar-refractivity contribution in [3.05, 3.63) is 11.0 Å². The van der Waals surface area contributed by atoms with Gasteiger partial charge in [0.25, 0.3) is 0 Å². The quantitative estimate of drug-likeness (QED) is 0.468. The van der Waals surface area contributed by atoms with E-state index >= 15 is 0 Å². The van der Waals surface area contributed by atoms with Crippen molar-refractivity contribution < 1.29 is 4.79 Å². The summed E-state index contributed by atoms with van der Waals surface area (Å²) in [5, 5.41) is 0. The Morgan fingerprint density at radius 3 is 2.55 bits per heavy atom. The lowest BCUT2D eigenvalue weighted by Gasteiger charge is -1.99. The van der Waals surface area contributed by atoms with Crippen LogP contribution in [0.1, 0.15) is 26.7 Å². The highest BCUT2D eigenvalue weighted by Gasteiger charge is 1.93. The molecule has 0 bridgehead atoms. The number of hydrogen-bond donors (Lipinski definition) is 0. The monoisotopic (exact) mass is 172 g/mol. The Morgan fingerprint density at radius 1 is 1.55 bits per heavy atom. The summed E-state index contributed by atoms with van der Waals surface area (Å²) in [7, 11) is 0. The first kappa shape index (κ1) is 10.8. The van der Waals surface area contributed by atoms with Crippen LogP contribution in [0.3, 0.4) is 0 Å². The van der Waals surface area contributed by atoms with Crippen molar-refractivity contribution in [2.75, 3.05) is 6.26 Å². The molecule has 0 unspecified atom stereocenters. The van der Waals surface area contributed by atoms with Crippen LogP contribution in [-0.2, 0) is 4.79 Å². The smallest absolute Gasteiger partial charge is 0.156 e. The highest BCUT2D eigenvalue weighted by molar-refractivity contribution is 8.03. The van der Waals surface area contributed by atoms with Crippen LogP contribution in [0, 0.1) is 5.92 Å². The number of allylic oxidation sites excluding steroid dienone is 2. The lowest BCUT2D eigenvalue weighted by molar-refractivity contribution is -0.104. The topological polar surface area (TPSA) is 17.1 Å². The van der Waals surface area contributed by atoms with Gasteiger partial charge in [-0.15, -0.1) is 11.8 Å². The second kappa shape index (κ2) is 6.47. The number of thioether (sulfide) groups is 1. The molecular formula is C9H16OS. The van der Waals surface area contributed by atoms with Gasteiger partial charge in [0.1, 0.15) is 0 Å². The maximum absolute atomic E-state index is 10.3. The Kier molecular flexibility index (Phi) is 6.33. The molecule has 0 aromatic rings. The van der Waals surface area contributed by atoms with E-state index in [-0.39, 0.29) is 0 Å². The van der Waals surface area contributed by atoms with Gasteiger partial charge in [-0.3, -0.25) is 4.79 Å². The number of hydrogen-bond acceptors (Lipinski definition) is 2. The van der Waals surface area contributed by atoms with Crippen molar-refractivity contribution in [2.24, 2.45) is 5.92 Å². The van der Waals surface area contributed by atoms with E-state index in [4.69, 9.17) is 0 Å². The minimum Gasteiger partial charge on any atom is -0.297 e. The molecule has 1 nitrogen and oxygen atoms in total. The van der Waals surface area contributed by atoms with Crippen LogP contribution >= 0.6 is 11.8 Å². The summed E-state index contributed by atoms with van der Waals surface area (Å²) < 4.78 is 0. The van der Waals surface area contributed by atoms with Gasteiger partial charge in [0.05, 0.1) is 0 Å². The Morgan fingerprint density at radius 2 is 2.18 bits per heavy atom. The Balaban J connectivity index is 3.61. The molecule has 0 atom stereocenters. The molecule has 0 radical (unpaired) electrons. The van der Waals surface area contributed by atoms with Crippen LogP contribution in [0.25, 0.3) is 0 Å². The SMILES string of the molecule is CSC(C=O)=CCCC(C)C. The maximum atomic E-state index is 10.3. The van der Waals surface area contributed by atoms with Gasteiger partial charge >= 0.3 is 0 Å². The zero-order chi connectivity index (χ0) is 8.69. The van der Waals surface area contributed by atoms with Gasteiger partial charge in [-0.05, 0) is 25.0 Å². The van der Waals surface area contributed by atoms with Gasteiger partial charge in [0, 0.05) is 4.91 Å². The first-order valence-corrected chi connectivity index (χ1v) is 5.12. The summed E-state index contributed by atoms with van der Waals surface area (Å²) in [4.78, 5) is 11.2. The number of aldehydes is 1. The predicted octanol–water partition coefficient (Wildman–Crippen LogP) is 2.87. The third-order valence-electron chi connectivity index (χ3n) is 1.44. The first-order chi connectivity index (χ1) is 5.20. The van der Waals surface area contributed by atoms with Crippen LogP contribution in [0.4, 0.5) is 0 Å². The third kappa shape index (κ3) is 6.17. The van der Waals surface area contributed by atoms with Crippen molar-refractivity contribution in [3.63, 3.8) is 0 Å². The summed E-state index contributed by atoms with van der Waals surface area (Å²) >= 11 is 1.51. The zero-order valence-corrected chi connectivity index (χ0v) is 8.28. The van der Waals surface area contributed by atoms with Gasteiger partial charge in [-0.1, -0.05) is 19.9 Å². The molecular weight excluding hydrogens is 156 g/mol. The lowest BCUT2D eigenvalue weighted by atomic mass is 10.1. The molecule has 0 amide bonds. The molecule has 64 valence electrons. The lowest BCUT2D eigenvalue weighted by Crippen LogP contribution is -1.85. The van der Waals surface area contributed by atoms with E-state index in [0.717, 1.165) is 30.0 Å². The van der Waals surface area contributed by atoms with Gasteiger partial charge in [0.2, 0.25) is 0 Å². The fourth-order valence-corrected chi connectivity index (χ4v) is 1.12. The average molecular weight is 172 g/mol. The molecule has 0 aromatic carbocycles. The van der Waals surface area contributed by atoms with E-state index in [1.807, 2.05) is 12.3 Å². The van der Waals surface area contributed by atoms with Crippen LogP contribution in [0.2, 0.25) is 0 Å². The van der Waals surface area contributed by atoms with Crippen LogP contribution in [-0.4, -0.2) is 12.5 Å². The van der Waals surface area contributed by atoms with Crippen LogP contribution in [0.5, 0.6) is 0 Å². The number of rotatable bonds is 5. The molecule has 0 saturated heterocycles. The molecule has 0 aliphatic carbocycles. The normalized spacial score (nSPS) is 12.2. The summed E-state index contributed by atoms with van der Waals surface area (Å²) in [6.07, 6.45) is 7.04. The highest BCUT2D eigenvalue weighted by Crippen LogP contribution is 2.11. The molecule has 0 aromatic heterocycles. The summed E-state index contributed by atoms with van der Waals surface area (Å²) in [6, 6.07) is 0. The van der Waals surface area contributed by atoms with E-state index in [9.17, 15) is 4.79 Å². The molecule has 0 heterocycles. The predicted molar refractivity (Wildman–Crippen MR) is 51.7 cm³/mol. The van der Waals surface area contributed by atoms with Gasteiger partial charge in [-0.25, -0.2) is 0 Å². The van der Waals surface area contributed by atoms with E-state index in [1.54, 1.807) is 0 Å². The fourth-order valence-electron chi connectivity index (χ4n) is 0.738. The summed E-state index contributed by atoms with van der Waals surface area (Å²) in [6.45, 7) is 4.38. The van der Waals surface area contributed by atoms with Crippen LogP contribution < -0.4 is 0 Å². The van der Waals surface area contributed by atoms with Crippen molar-refractivity contribution in [1.29, 1.82) is 0 Å². The molecule has 0 N–H and O–H groups in total. The van der Waals surface area contributed by atoms with E-state index in [1.165, 1.54) is 11.8 Å². The number of carbonyl (C=O) groups is 1. The Bertz CT molecular complexity index is 138. The number of carbonyl (C=O) groups excluding carboxylic acids is 1. The first-order valence-electron chi connectivity index (χ1n) is 3.90. The van der Waals surface area contributed by atoms with Gasteiger partial charge in [-0.2, -0.15) is 0 Å². The minimum absolute atomic E-state index is 0.723. The average Bonchev–Trinajstić information content (AvgIpc) is 1.98. The third-order valence-corrected chi connectivity index (χ3v) is 2.18. The largest absolute Gasteiger partial charge is 0.297 e. The van der Waals surface area contributed by atoms with E-state index in [2.05, 4.69) is 13.8 Å². The molecule has 0 aliphatic rings. The van der Waals surface area contributed by atoms with Crippen molar-refractivity contribution in [1.82, 2.24) is 0 Å². The summed E-state index contributed by atoms with van der Waals surface area (Å²) in [5.74, 6) is 0.723. The summed E-state index contributed by atoms with van der Waals surface area (Å²) in [5.41, 5.74) is 0. The zero-order valence-electron chi connectivity index (χ0n) is 7.46. The Hall–Kier alpha value is -0.240. The molecule has 11 heavy (non-hydrogen) atoms. The van der Waals surface area contributed by atoms with Gasteiger partial charge in [0.15, 0.2) is 6.29 Å². The molecule has 0 rings (SSSR count). The standard InChI is InChI=1S/C9H16OS/c1-8(2)5-4-6-9(7-10)11-3/h6-8H,4-5H2,1-3H3. The molecule has 2 heteroatoms. The maximum Gasteiger partial charge on any atom is 0.156 e.